The number of nitrogens with two attached hydrogens (primary N) is 1. The number of nitrogens with zero attached hydrogens (tertiary/aromatic N) is 4. The highest BCUT2D eigenvalue weighted by Crippen LogP contribution is 2.21. The van der Waals surface area contributed by atoms with Gasteiger partial charge in [0.25, 0.3) is 5.91 Å². The first-order valence-corrected chi connectivity index (χ1v) is 9.17. The van der Waals surface area contributed by atoms with E-state index in [9.17, 15) is 9.59 Å². The average molecular weight is 379 g/mol. The van der Waals surface area contributed by atoms with Crippen LogP contribution in [0.15, 0.2) is 24.4 Å². The molecule has 0 aliphatic rings. The fraction of sp³-hybridized carbons (Fsp3) is 0.333. The molecular weight excluding hydrogens is 354 g/mol. The van der Waals surface area contributed by atoms with E-state index in [1.165, 1.54) is 6.20 Å². The quantitative estimate of drug-likeness (QED) is 0.737. The van der Waals surface area contributed by atoms with Gasteiger partial charge in [-0.2, -0.15) is 5.10 Å². The van der Waals surface area contributed by atoms with Crippen LogP contribution in [0, 0.1) is 27.7 Å². The normalized spacial score (nSPS) is 11.0. The Balaban J connectivity index is 1.83. The Morgan fingerprint density at radius 1 is 1.11 bits per heavy atom. The number of rotatable bonds is 5. The number of hydrogen-bond donors (Lipinski definition) is 1. The Hall–Kier alpha value is -3.22. The standard InChI is InChI=1S/C21H25N5O2/c1-12-8-13(2)10-16(9-12)25(5)19(27)7-6-17-14(3)24-21-18(20(22)28)11-23-26(21)15(17)4/h8-11H,6-7H2,1-5H3,(H2,22,28). The first-order valence-electron chi connectivity index (χ1n) is 9.17. The third-order valence-electron chi connectivity index (χ3n) is 5.03. The fourth-order valence-corrected chi connectivity index (χ4v) is 3.53. The Kier molecular flexibility index (Phi) is 5.18. The Morgan fingerprint density at radius 2 is 1.75 bits per heavy atom. The predicted molar refractivity (Wildman–Crippen MR) is 109 cm³/mol. The van der Waals surface area contributed by atoms with Crippen molar-refractivity contribution in [2.75, 3.05) is 11.9 Å². The van der Waals surface area contributed by atoms with Gasteiger partial charge >= 0.3 is 0 Å². The largest absolute Gasteiger partial charge is 0.365 e. The van der Waals surface area contributed by atoms with E-state index < -0.39 is 5.91 Å². The summed E-state index contributed by atoms with van der Waals surface area (Å²) in [5, 5.41) is 4.23. The summed E-state index contributed by atoms with van der Waals surface area (Å²) in [7, 11) is 1.80. The molecule has 0 atom stereocenters. The van der Waals surface area contributed by atoms with Crippen LogP contribution in [0.3, 0.4) is 0 Å². The lowest BCUT2D eigenvalue weighted by Gasteiger charge is -2.19. The van der Waals surface area contributed by atoms with E-state index >= 15 is 0 Å². The first kappa shape index (κ1) is 19.5. The molecule has 0 aliphatic heterocycles. The van der Waals surface area contributed by atoms with Gasteiger partial charge in [-0.05, 0) is 62.9 Å². The van der Waals surface area contributed by atoms with Crippen LogP contribution in [0.1, 0.15) is 44.9 Å². The van der Waals surface area contributed by atoms with Crippen molar-refractivity contribution < 1.29 is 9.59 Å². The van der Waals surface area contributed by atoms with Crippen LogP contribution in [0.4, 0.5) is 5.69 Å². The summed E-state index contributed by atoms with van der Waals surface area (Å²) < 4.78 is 1.61. The molecule has 0 bridgehead atoms. The lowest BCUT2D eigenvalue weighted by atomic mass is 10.1. The van der Waals surface area contributed by atoms with Gasteiger partial charge in [0.15, 0.2) is 5.65 Å². The summed E-state index contributed by atoms with van der Waals surface area (Å²) in [4.78, 5) is 30.5. The van der Waals surface area contributed by atoms with E-state index in [0.717, 1.165) is 33.8 Å². The third kappa shape index (κ3) is 3.60. The van der Waals surface area contributed by atoms with Gasteiger partial charge in [-0.1, -0.05) is 6.07 Å². The maximum Gasteiger partial charge on any atom is 0.254 e. The van der Waals surface area contributed by atoms with Crippen molar-refractivity contribution >= 4 is 23.1 Å². The molecule has 28 heavy (non-hydrogen) atoms. The van der Waals surface area contributed by atoms with Crippen molar-refractivity contribution in [2.45, 2.75) is 40.5 Å². The second kappa shape index (κ2) is 7.42. The summed E-state index contributed by atoms with van der Waals surface area (Å²) in [6.45, 7) is 7.82. The molecule has 2 aromatic heterocycles. The summed E-state index contributed by atoms with van der Waals surface area (Å²) in [6, 6.07) is 6.09. The average Bonchev–Trinajstić information content (AvgIpc) is 3.03. The van der Waals surface area contributed by atoms with Crippen molar-refractivity contribution in [1.82, 2.24) is 14.6 Å². The number of carbonyl (C=O) groups excluding carboxylic acids is 2. The number of carbonyl (C=O) groups is 2. The molecule has 7 heteroatoms. The van der Waals surface area contributed by atoms with Crippen LogP contribution in [0.25, 0.3) is 5.65 Å². The van der Waals surface area contributed by atoms with Crippen LogP contribution in [0.2, 0.25) is 0 Å². The third-order valence-corrected chi connectivity index (χ3v) is 5.03. The number of anilines is 1. The molecule has 0 unspecified atom stereocenters. The van der Waals surface area contributed by atoms with Crippen molar-refractivity contribution in [3.8, 4) is 0 Å². The highest BCUT2D eigenvalue weighted by atomic mass is 16.2. The summed E-state index contributed by atoms with van der Waals surface area (Å²) in [6.07, 6.45) is 2.32. The van der Waals surface area contributed by atoms with Crippen LogP contribution in [0.5, 0.6) is 0 Å². The van der Waals surface area contributed by atoms with Gasteiger partial charge in [-0.25, -0.2) is 9.50 Å². The molecule has 2 N–H and O–H groups in total. The first-order chi connectivity index (χ1) is 13.2. The minimum absolute atomic E-state index is 0.0298. The molecule has 3 rings (SSSR count). The maximum atomic E-state index is 12.7. The molecule has 0 saturated heterocycles. The number of amides is 2. The van der Waals surface area contributed by atoms with E-state index in [4.69, 9.17) is 5.73 Å². The van der Waals surface area contributed by atoms with Crippen molar-refractivity contribution in [3.05, 3.63) is 58.0 Å². The van der Waals surface area contributed by atoms with Gasteiger partial charge in [-0.3, -0.25) is 9.59 Å². The molecule has 0 fully saturated rings. The Morgan fingerprint density at radius 3 is 2.36 bits per heavy atom. The van der Waals surface area contributed by atoms with Crippen LogP contribution >= 0.6 is 0 Å². The molecule has 2 amide bonds. The maximum absolute atomic E-state index is 12.7. The molecule has 0 saturated carbocycles. The lowest BCUT2D eigenvalue weighted by molar-refractivity contribution is -0.118. The van der Waals surface area contributed by atoms with Gasteiger partial charge in [0.1, 0.15) is 5.56 Å². The highest BCUT2D eigenvalue weighted by molar-refractivity contribution is 5.98. The van der Waals surface area contributed by atoms with Crippen molar-refractivity contribution in [2.24, 2.45) is 5.73 Å². The number of hydrogen-bond acceptors (Lipinski definition) is 4. The number of aryl methyl sites for hydroxylation is 4. The molecule has 1 aromatic carbocycles. The van der Waals surface area contributed by atoms with Gasteiger partial charge in [0, 0.05) is 30.5 Å². The second-order valence-corrected chi connectivity index (χ2v) is 7.22. The summed E-state index contributed by atoms with van der Waals surface area (Å²) in [5.74, 6) is -0.526. The predicted octanol–water partition coefficient (Wildman–Crippen LogP) is 2.66. The number of fused-ring (bicyclic) bond motifs is 1. The molecular formula is C21H25N5O2. The van der Waals surface area contributed by atoms with Gasteiger partial charge in [0.05, 0.1) is 6.20 Å². The number of benzene rings is 1. The second-order valence-electron chi connectivity index (χ2n) is 7.22. The molecule has 0 radical (unpaired) electrons. The highest BCUT2D eigenvalue weighted by Gasteiger charge is 2.18. The van der Waals surface area contributed by atoms with E-state index in [1.807, 2.05) is 39.8 Å². The summed E-state index contributed by atoms with van der Waals surface area (Å²) >= 11 is 0. The Labute approximate surface area is 164 Å². The smallest absolute Gasteiger partial charge is 0.254 e. The topological polar surface area (TPSA) is 93.6 Å². The number of primary amides is 1. The van der Waals surface area contributed by atoms with Crippen LogP contribution in [-0.2, 0) is 11.2 Å². The van der Waals surface area contributed by atoms with Crippen LogP contribution < -0.4 is 10.6 Å². The van der Waals surface area contributed by atoms with E-state index in [2.05, 4.69) is 16.1 Å². The SMILES string of the molecule is Cc1cc(C)cc(N(C)C(=O)CCc2c(C)nc3c(C(N)=O)cnn3c2C)c1. The zero-order valence-electron chi connectivity index (χ0n) is 16.9. The van der Waals surface area contributed by atoms with E-state index in [1.54, 1.807) is 16.5 Å². The van der Waals surface area contributed by atoms with Crippen molar-refractivity contribution in [1.29, 1.82) is 0 Å². The Bertz CT molecular complexity index is 1060. The van der Waals surface area contributed by atoms with Gasteiger partial charge in [0.2, 0.25) is 5.91 Å². The number of aromatic nitrogens is 3. The zero-order chi connectivity index (χ0) is 20.6. The molecule has 0 aliphatic carbocycles. The molecule has 7 nitrogen and oxygen atoms in total. The fourth-order valence-electron chi connectivity index (χ4n) is 3.53. The van der Waals surface area contributed by atoms with Crippen LogP contribution in [-0.4, -0.2) is 33.5 Å². The van der Waals surface area contributed by atoms with Gasteiger partial charge < -0.3 is 10.6 Å². The minimum Gasteiger partial charge on any atom is -0.365 e. The molecule has 146 valence electrons. The lowest BCUT2D eigenvalue weighted by Crippen LogP contribution is -2.27. The molecule has 3 aromatic rings. The summed E-state index contributed by atoms with van der Waals surface area (Å²) in [5.41, 5.74) is 11.9. The monoisotopic (exact) mass is 379 g/mol. The molecule has 2 heterocycles. The zero-order valence-corrected chi connectivity index (χ0v) is 16.9. The van der Waals surface area contributed by atoms with Gasteiger partial charge in [-0.15, -0.1) is 0 Å². The molecule has 0 spiro atoms. The minimum atomic E-state index is -0.556. The van der Waals surface area contributed by atoms with E-state index in [-0.39, 0.29) is 5.91 Å². The van der Waals surface area contributed by atoms with Crippen molar-refractivity contribution in [3.63, 3.8) is 0 Å². The van der Waals surface area contributed by atoms with E-state index in [0.29, 0.717) is 24.1 Å².